The number of likely N-dealkylation sites (N-methyl/N-ethyl adjacent to an activating group) is 1. The van der Waals surface area contributed by atoms with Crippen molar-refractivity contribution in [3.8, 4) is 11.5 Å². The molecular weight excluding hydrogens is 387 g/mol. The number of benzene rings is 2. The summed E-state index contributed by atoms with van der Waals surface area (Å²) < 4.78 is 10.8. The smallest absolute Gasteiger partial charge is 0.236 e. The number of carbonyl (C=O) groups is 1. The van der Waals surface area contributed by atoms with Crippen molar-refractivity contribution in [3.05, 3.63) is 57.6 Å². The molecular formula is C20H22Cl2N2O3. The van der Waals surface area contributed by atoms with Crippen LogP contribution >= 0.6 is 23.2 Å². The van der Waals surface area contributed by atoms with E-state index in [4.69, 9.17) is 32.7 Å². The van der Waals surface area contributed by atoms with E-state index in [0.29, 0.717) is 16.6 Å². The Bertz CT molecular complexity index is 855. The van der Waals surface area contributed by atoms with Gasteiger partial charge in [-0.3, -0.25) is 10.1 Å². The van der Waals surface area contributed by atoms with Crippen LogP contribution in [0.2, 0.25) is 10.0 Å². The molecule has 1 aliphatic heterocycles. The van der Waals surface area contributed by atoms with Gasteiger partial charge in [0.1, 0.15) is 0 Å². The van der Waals surface area contributed by atoms with Crippen LogP contribution in [0.3, 0.4) is 0 Å². The van der Waals surface area contributed by atoms with Gasteiger partial charge in [0, 0.05) is 19.1 Å². The predicted molar refractivity (Wildman–Crippen MR) is 107 cm³/mol. The highest BCUT2D eigenvalue weighted by Crippen LogP contribution is 2.35. The molecule has 144 valence electrons. The second-order valence-corrected chi connectivity index (χ2v) is 7.86. The minimum atomic E-state index is -0.402. The van der Waals surface area contributed by atoms with Crippen molar-refractivity contribution in [1.82, 2.24) is 10.2 Å². The van der Waals surface area contributed by atoms with Gasteiger partial charge in [-0.2, -0.15) is 0 Å². The Morgan fingerprint density at radius 3 is 2.59 bits per heavy atom. The molecule has 0 aromatic heterocycles. The summed E-state index contributed by atoms with van der Waals surface area (Å²) in [5, 5.41) is 4.30. The molecule has 0 bridgehead atoms. The van der Waals surface area contributed by atoms with Crippen LogP contribution in [0.15, 0.2) is 36.4 Å². The molecule has 0 saturated carbocycles. The molecule has 3 rings (SSSR count). The summed E-state index contributed by atoms with van der Waals surface area (Å²) in [7, 11) is 1.76. The molecule has 0 saturated heterocycles. The zero-order chi connectivity index (χ0) is 19.6. The summed E-state index contributed by atoms with van der Waals surface area (Å²) >= 11 is 12.0. The Hall–Kier alpha value is -1.95. The van der Waals surface area contributed by atoms with E-state index in [1.807, 2.05) is 38.1 Å². The summed E-state index contributed by atoms with van der Waals surface area (Å²) in [5.41, 5.74) is 1.54. The molecule has 0 fully saturated rings. The van der Waals surface area contributed by atoms with E-state index in [2.05, 4.69) is 5.32 Å². The average Bonchev–Trinajstić information content (AvgIpc) is 3.10. The Morgan fingerprint density at radius 2 is 1.85 bits per heavy atom. The molecule has 0 aliphatic carbocycles. The van der Waals surface area contributed by atoms with E-state index in [9.17, 15) is 4.79 Å². The van der Waals surface area contributed by atoms with Gasteiger partial charge in [0.15, 0.2) is 11.5 Å². The van der Waals surface area contributed by atoms with Crippen molar-refractivity contribution < 1.29 is 14.3 Å². The third-order valence-corrected chi connectivity index (χ3v) is 5.34. The van der Waals surface area contributed by atoms with Gasteiger partial charge in [0.25, 0.3) is 0 Å². The van der Waals surface area contributed by atoms with Crippen molar-refractivity contribution in [1.29, 1.82) is 0 Å². The number of carbonyl (C=O) groups excluding carboxylic acids is 1. The molecule has 27 heavy (non-hydrogen) atoms. The van der Waals surface area contributed by atoms with Crippen LogP contribution in [0, 0.1) is 0 Å². The van der Waals surface area contributed by atoms with Crippen LogP contribution < -0.4 is 14.8 Å². The molecule has 1 heterocycles. The van der Waals surface area contributed by atoms with Crippen molar-refractivity contribution in [2.45, 2.75) is 25.9 Å². The van der Waals surface area contributed by atoms with Crippen LogP contribution in [0.4, 0.5) is 0 Å². The van der Waals surface area contributed by atoms with E-state index in [1.54, 1.807) is 24.1 Å². The van der Waals surface area contributed by atoms with Gasteiger partial charge in [-0.15, -0.1) is 0 Å². The Kier molecular flexibility index (Phi) is 5.84. The molecule has 1 amide bonds. The summed E-state index contributed by atoms with van der Waals surface area (Å²) in [6.07, 6.45) is 0. The maximum atomic E-state index is 12.5. The van der Waals surface area contributed by atoms with Crippen LogP contribution in [-0.4, -0.2) is 31.2 Å². The number of fused-ring (bicyclic) bond motifs is 1. The summed E-state index contributed by atoms with van der Waals surface area (Å²) in [6, 6.07) is 11.2. The Labute approximate surface area is 169 Å². The first-order valence-corrected chi connectivity index (χ1v) is 9.35. The lowest BCUT2D eigenvalue weighted by atomic mass is 9.94. The molecule has 7 heteroatoms. The first kappa shape index (κ1) is 19.8. The molecule has 0 atom stereocenters. The zero-order valence-corrected chi connectivity index (χ0v) is 17.0. The predicted octanol–water partition coefficient (Wildman–Crippen LogP) is 4.21. The fourth-order valence-electron chi connectivity index (χ4n) is 2.82. The maximum Gasteiger partial charge on any atom is 0.236 e. The highest BCUT2D eigenvalue weighted by atomic mass is 35.5. The number of rotatable bonds is 6. The molecule has 5 nitrogen and oxygen atoms in total. The summed E-state index contributed by atoms with van der Waals surface area (Å²) in [5.74, 6) is 1.45. The fraction of sp³-hybridized carbons (Fsp3) is 0.350. The monoisotopic (exact) mass is 408 g/mol. The largest absolute Gasteiger partial charge is 0.454 e. The minimum absolute atomic E-state index is 0.0186. The number of halogens is 2. The summed E-state index contributed by atoms with van der Waals surface area (Å²) in [4.78, 5) is 14.2. The maximum absolute atomic E-state index is 12.5. The zero-order valence-electron chi connectivity index (χ0n) is 15.5. The lowest BCUT2D eigenvalue weighted by molar-refractivity contribution is -0.129. The highest BCUT2D eigenvalue weighted by molar-refractivity contribution is 6.42. The lowest BCUT2D eigenvalue weighted by Gasteiger charge is -2.28. The van der Waals surface area contributed by atoms with E-state index in [-0.39, 0.29) is 19.2 Å². The van der Waals surface area contributed by atoms with Crippen LogP contribution in [-0.2, 0) is 16.9 Å². The van der Waals surface area contributed by atoms with E-state index < -0.39 is 5.54 Å². The molecule has 0 radical (unpaired) electrons. The molecule has 0 spiro atoms. The number of hydrogen-bond acceptors (Lipinski definition) is 4. The molecule has 1 aliphatic rings. The normalized spacial score (nSPS) is 12.9. The Balaban J connectivity index is 1.59. The van der Waals surface area contributed by atoms with E-state index in [1.165, 1.54) is 0 Å². The third-order valence-electron chi connectivity index (χ3n) is 4.61. The van der Waals surface area contributed by atoms with Crippen LogP contribution in [0.1, 0.15) is 25.0 Å². The fourth-order valence-corrected chi connectivity index (χ4v) is 3.14. The first-order chi connectivity index (χ1) is 12.8. The molecule has 0 unspecified atom stereocenters. The van der Waals surface area contributed by atoms with E-state index >= 15 is 0 Å². The van der Waals surface area contributed by atoms with Gasteiger partial charge >= 0.3 is 0 Å². The van der Waals surface area contributed by atoms with Gasteiger partial charge in [0.05, 0.1) is 16.6 Å². The Morgan fingerprint density at radius 1 is 1.11 bits per heavy atom. The highest BCUT2D eigenvalue weighted by Gasteiger charge is 2.25. The van der Waals surface area contributed by atoms with Crippen molar-refractivity contribution >= 4 is 29.1 Å². The molecule has 2 aromatic carbocycles. The van der Waals surface area contributed by atoms with Crippen LogP contribution in [0.5, 0.6) is 11.5 Å². The SMILES string of the molecule is CN(Cc1ccc(Cl)c(Cl)c1)C(=O)CNC(C)(C)c1ccc2c(c1)OCO2. The number of ether oxygens (including phenoxy) is 2. The van der Waals surface area contributed by atoms with E-state index in [0.717, 1.165) is 22.6 Å². The summed E-state index contributed by atoms with van der Waals surface area (Å²) in [6.45, 7) is 4.96. The quantitative estimate of drug-likeness (QED) is 0.777. The number of amides is 1. The molecule has 1 N–H and O–H groups in total. The number of nitrogens with one attached hydrogen (secondary N) is 1. The average molecular weight is 409 g/mol. The van der Waals surface area contributed by atoms with Gasteiger partial charge < -0.3 is 14.4 Å². The van der Waals surface area contributed by atoms with Crippen molar-refractivity contribution in [3.63, 3.8) is 0 Å². The minimum Gasteiger partial charge on any atom is -0.454 e. The standard InChI is InChI=1S/C20H22Cl2N2O3/c1-20(2,14-5-7-17-18(9-14)27-12-26-17)23-10-19(25)24(3)11-13-4-6-15(21)16(22)8-13/h4-9,23H,10-12H2,1-3H3. The number of hydrogen-bond donors (Lipinski definition) is 1. The molecule has 2 aromatic rings. The van der Waals surface area contributed by atoms with Gasteiger partial charge in [0.2, 0.25) is 12.7 Å². The van der Waals surface area contributed by atoms with Gasteiger partial charge in [-0.1, -0.05) is 35.3 Å². The first-order valence-electron chi connectivity index (χ1n) is 8.59. The topological polar surface area (TPSA) is 50.8 Å². The van der Waals surface area contributed by atoms with Crippen molar-refractivity contribution in [2.24, 2.45) is 0 Å². The van der Waals surface area contributed by atoms with Crippen molar-refractivity contribution in [2.75, 3.05) is 20.4 Å². The van der Waals surface area contributed by atoms with Gasteiger partial charge in [-0.05, 0) is 49.2 Å². The van der Waals surface area contributed by atoms with Crippen LogP contribution in [0.25, 0.3) is 0 Å². The third kappa shape index (κ3) is 4.67. The second-order valence-electron chi connectivity index (χ2n) is 7.04. The van der Waals surface area contributed by atoms with Gasteiger partial charge in [-0.25, -0.2) is 0 Å². The number of nitrogens with zero attached hydrogens (tertiary/aromatic N) is 1. The second kappa shape index (κ2) is 7.97. The lowest BCUT2D eigenvalue weighted by Crippen LogP contribution is -2.43.